The standard InChI is InChI=1S/C11H15NO.C2HF3O2/c12-7-10-3-1-2-4-11(10)13-8-9-5-6-9;3-2(4,5)1(6)7/h1-4,9H,5-8,12H2;(H,6,7). The minimum Gasteiger partial charge on any atom is -0.493 e. The van der Waals surface area contributed by atoms with Gasteiger partial charge in [0.25, 0.3) is 0 Å². The summed E-state index contributed by atoms with van der Waals surface area (Å²) in [5.74, 6) is -1.00. The van der Waals surface area contributed by atoms with E-state index in [0.29, 0.717) is 6.54 Å². The van der Waals surface area contributed by atoms with Gasteiger partial charge in [0.05, 0.1) is 6.61 Å². The van der Waals surface area contributed by atoms with Gasteiger partial charge in [-0.05, 0) is 24.8 Å². The van der Waals surface area contributed by atoms with Gasteiger partial charge in [-0.1, -0.05) is 18.2 Å². The lowest BCUT2D eigenvalue weighted by atomic mass is 10.2. The highest BCUT2D eigenvalue weighted by atomic mass is 19.4. The van der Waals surface area contributed by atoms with Crippen LogP contribution in [-0.4, -0.2) is 23.9 Å². The molecule has 2 rings (SSSR count). The van der Waals surface area contributed by atoms with Gasteiger partial charge in [0, 0.05) is 12.1 Å². The third kappa shape index (κ3) is 5.92. The quantitative estimate of drug-likeness (QED) is 0.894. The Morgan fingerprint density at radius 1 is 1.35 bits per heavy atom. The molecule has 1 saturated carbocycles. The molecule has 0 aliphatic heterocycles. The van der Waals surface area contributed by atoms with Crippen molar-refractivity contribution in [1.82, 2.24) is 0 Å². The number of alkyl halides is 3. The number of para-hydroxylation sites is 1. The topological polar surface area (TPSA) is 72.5 Å². The minimum absolute atomic E-state index is 0.556. The van der Waals surface area contributed by atoms with Crippen molar-refractivity contribution in [1.29, 1.82) is 0 Å². The molecule has 1 fully saturated rings. The first kappa shape index (κ1) is 16.3. The number of hydrogen-bond acceptors (Lipinski definition) is 3. The molecular weight excluding hydrogens is 275 g/mol. The second-order valence-electron chi connectivity index (χ2n) is 4.37. The summed E-state index contributed by atoms with van der Waals surface area (Å²) in [5, 5.41) is 7.12. The fraction of sp³-hybridized carbons (Fsp3) is 0.462. The molecule has 7 heteroatoms. The maximum absolute atomic E-state index is 10.6. The van der Waals surface area contributed by atoms with Gasteiger partial charge in [-0.3, -0.25) is 0 Å². The van der Waals surface area contributed by atoms with Crippen molar-refractivity contribution in [2.45, 2.75) is 25.6 Å². The van der Waals surface area contributed by atoms with Crippen LogP contribution in [0, 0.1) is 5.92 Å². The van der Waals surface area contributed by atoms with E-state index in [4.69, 9.17) is 20.4 Å². The van der Waals surface area contributed by atoms with Crippen LogP contribution in [-0.2, 0) is 11.3 Å². The Morgan fingerprint density at radius 3 is 2.35 bits per heavy atom. The fourth-order valence-corrected chi connectivity index (χ4v) is 1.31. The number of nitrogens with two attached hydrogens (primary N) is 1. The van der Waals surface area contributed by atoms with Crippen LogP contribution in [0.2, 0.25) is 0 Å². The first-order valence-corrected chi connectivity index (χ1v) is 6.05. The Kier molecular flexibility index (Phi) is 5.82. The maximum Gasteiger partial charge on any atom is 0.490 e. The van der Waals surface area contributed by atoms with E-state index in [1.165, 1.54) is 12.8 Å². The lowest BCUT2D eigenvalue weighted by molar-refractivity contribution is -0.192. The monoisotopic (exact) mass is 291 g/mol. The lowest BCUT2D eigenvalue weighted by Gasteiger charge is -2.08. The fourth-order valence-electron chi connectivity index (χ4n) is 1.31. The van der Waals surface area contributed by atoms with Gasteiger partial charge in [0.2, 0.25) is 0 Å². The molecule has 112 valence electrons. The largest absolute Gasteiger partial charge is 0.493 e. The van der Waals surface area contributed by atoms with Crippen molar-refractivity contribution in [3.8, 4) is 5.75 Å². The van der Waals surface area contributed by atoms with Gasteiger partial charge in [0.15, 0.2) is 0 Å². The molecule has 0 spiro atoms. The van der Waals surface area contributed by atoms with Gasteiger partial charge in [-0.25, -0.2) is 4.79 Å². The van der Waals surface area contributed by atoms with E-state index in [1.807, 2.05) is 24.3 Å². The van der Waals surface area contributed by atoms with Crippen LogP contribution in [0.5, 0.6) is 5.75 Å². The highest BCUT2D eigenvalue weighted by molar-refractivity contribution is 5.73. The molecule has 20 heavy (non-hydrogen) atoms. The van der Waals surface area contributed by atoms with Crippen molar-refractivity contribution < 1.29 is 27.8 Å². The van der Waals surface area contributed by atoms with Crippen LogP contribution in [0.15, 0.2) is 24.3 Å². The molecule has 0 saturated heterocycles. The average Bonchev–Trinajstić information content (AvgIpc) is 3.20. The summed E-state index contributed by atoms with van der Waals surface area (Å²) < 4.78 is 37.4. The summed E-state index contributed by atoms with van der Waals surface area (Å²) in [5.41, 5.74) is 6.69. The second kappa shape index (κ2) is 7.14. The van der Waals surface area contributed by atoms with Crippen molar-refractivity contribution in [2.75, 3.05) is 6.61 Å². The zero-order valence-corrected chi connectivity index (χ0v) is 10.7. The molecule has 0 amide bonds. The normalized spacial score (nSPS) is 14.2. The third-order valence-electron chi connectivity index (χ3n) is 2.61. The number of carboxylic acid groups (broad SMARTS) is 1. The van der Waals surface area contributed by atoms with Crippen LogP contribution in [0.3, 0.4) is 0 Å². The van der Waals surface area contributed by atoms with E-state index in [-0.39, 0.29) is 0 Å². The predicted octanol–water partition coefficient (Wildman–Crippen LogP) is 2.57. The number of ether oxygens (including phenoxy) is 1. The van der Waals surface area contributed by atoms with Crippen molar-refractivity contribution in [3.63, 3.8) is 0 Å². The van der Waals surface area contributed by atoms with Gasteiger partial charge in [-0.15, -0.1) is 0 Å². The number of benzene rings is 1. The predicted molar refractivity (Wildman–Crippen MR) is 66.2 cm³/mol. The van der Waals surface area contributed by atoms with Crippen LogP contribution in [0.1, 0.15) is 18.4 Å². The molecule has 1 aromatic carbocycles. The smallest absolute Gasteiger partial charge is 0.490 e. The molecule has 1 aliphatic rings. The first-order chi connectivity index (χ1) is 9.34. The van der Waals surface area contributed by atoms with E-state index >= 15 is 0 Å². The van der Waals surface area contributed by atoms with E-state index in [9.17, 15) is 13.2 Å². The van der Waals surface area contributed by atoms with Crippen LogP contribution in [0.4, 0.5) is 13.2 Å². The zero-order chi connectivity index (χ0) is 15.2. The van der Waals surface area contributed by atoms with Crippen LogP contribution < -0.4 is 10.5 Å². The molecular formula is C13H16F3NO3. The summed E-state index contributed by atoms with van der Waals surface area (Å²) in [4.78, 5) is 8.90. The number of rotatable bonds is 4. The Bertz CT molecular complexity index is 445. The maximum atomic E-state index is 10.6. The molecule has 0 heterocycles. The number of halogens is 3. The summed E-state index contributed by atoms with van der Waals surface area (Å²) in [6.45, 7) is 1.41. The summed E-state index contributed by atoms with van der Waals surface area (Å²) in [6, 6.07) is 7.99. The molecule has 0 bridgehead atoms. The van der Waals surface area contributed by atoms with E-state index < -0.39 is 12.1 Å². The van der Waals surface area contributed by atoms with Gasteiger partial charge in [-0.2, -0.15) is 13.2 Å². The van der Waals surface area contributed by atoms with Crippen molar-refractivity contribution in [3.05, 3.63) is 29.8 Å². The number of carbonyl (C=O) groups is 1. The van der Waals surface area contributed by atoms with Crippen LogP contribution >= 0.6 is 0 Å². The third-order valence-corrected chi connectivity index (χ3v) is 2.61. The first-order valence-electron chi connectivity index (χ1n) is 6.05. The van der Waals surface area contributed by atoms with Crippen molar-refractivity contribution in [2.24, 2.45) is 11.7 Å². The highest BCUT2D eigenvalue weighted by Crippen LogP contribution is 2.30. The number of hydrogen-bond donors (Lipinski definition) is 2. The molecule has 1 aliphatic carbocycles. The summed E-state index contributed by atoms with van der Waals surface area (Å²) in [6.07, 6.45) is -2.43. The average molecular weight is 291 g/mol. The second-order valence-corrected chi connectivity index (χ2v) is 4.37. The molecule has 0 atom stereocenters. The van der Waals surface area contributed by atoms with E-state index in [0.717, 1.165) is 23.8 Å². The Labute approximate surface area is 114 Å². The molecule has 4 nitrogen and oxygen atoms in total. The number of aliphatic carboxylic acids is 1. The number of carboxylic acids is 1. The summed E-state index contributed by atoms with van der Waals surface area (Å²) in [7, 11) is 0. The zero-order valence-electron chi connectivity index (χ0n) is 10.7. The van der Waals surface area contributed by atoms with Gasteiger partial charge < -0.3 is 15.6 Å². The molecule has 0 radical (unpaired) electrons. The Balaban J connectivity index is 0.000000246. The van der Waals surface area contributed by atoms with Crippen LogP contribution in [0.25, 0.3) is 0 Å². The van der Waals surface area contributed by atoms with Gasteiger partial charge >= 0.3 is 12.1 Å². The molecule has 1 aromatic rings. The minimum atomic E-state index is -5.08. The van der Waals surface area contributed by atoms with Crippen molar-refractivity contribution >= 4 is 5.97 Å². The lowest BCUT2D eigenvalue weighted by Crippen LogP contribution is -2.21. The SMILES string of the molecule is NCc1ccccc1OCC1CC1.O=C(O)C(F)(F)F. The molecule has 0 unspecified atom stereocenters. The van der Waals surface area contributed by atoms with Gasteiger partial charge in [0.1, 0.15) is 5.75 Å². The highest BCUT2D eigenvalue weighted by Gasteiger charge is 2.38. The van der Waals surface area contributed by atoms with E-state index in [1.54, 1.807) is 0 Å². The Hall–Kier alpha value is -1.76. The molecule has 3 N–H and O–H groups in total. The summed E-state index contributed by atoms with van der Waals surface area (Å²) >= 11 is 0. The Morgan fingerprint density at radius 2 is 1.90 bits per heavy atom. The van der Waals surface area contributed by atoms with E-state index in [2.05, 4.69) is 0 Å². The molecule has 0 aromatic heterocycles.